The number of pyridine rings is 1. The summed E-state index contributed by atoms with van der Waals surface area (Å²) in [5.74, 6) is 1.69. The van der Waals surface area contributed by atoms with Crippen LogP contribution < -0.4 is 5.32 Å². The molecule has 1 atom stereocenters. The van der Waals surface area contributed by atoms with E-state index < -0.39 is 0 Å². The van der Waals surface area contributed by atoms with Crippen LogP contribution in [0.2, 0.25) is 5.02 Å². The highest BCUT2D eigenvalue weighted by Crippen LogP contribution is 2.34. The summed E-state index contributed by atoms with van der Waals surface area (Å²) in [6, 6.07) is 3.92. The Kier molecular flexibility index (Phi) is 5.50. The fourth-order valence-electron chi connectivity index (χ4n) is 2.84. The lowest BCUT2D eigenvalue weighted by molar-refractivity contribution is 0.225. The fraction of sp³-hybridized carbons (Fsp3) is 0.706. The van der Waals surface area contributed by atoms with E-state index in [2.05, 4.69) is 42.9 Å². The van der Waals surface area contributed by atoms with Crippen LogP contribution >= 0.6 is 11.6 Å². The lowest BCUT2D eigenvalue weighted by Gasteiger charge is -2.27. The van der Waals surface area contributed by atoms with Gasteiger partial charge in [-0.3, -0.25) is 4.90 Å². The van der Waals surface area contributed by atoms with Gasteiger partial charge in [-0.15, -0.1) is 0 Å². The van der Waals surface area contributed by atoms with Gasteiger partial charge in [0.15, 0.2) is 0 Å². The van der Waals surface area contributed by atoms with E-state index in [1.54, 1.807) is 0 Å². The molecule has 0 radical (unpaired) electrons. The molecule has 0 bridgehead atoms. The van der Waals surface area contributed by atoms with E-state index >= 15 is 0 Å². The molecule has 0 spiro atoms. The topological polar surface area (TPSA) is 28.2 Å². The minimum Gasteiger partial charge on any atom is -0.370 e. The van der Waals surface area contributed by atoms with E-state index in [0.717, 1.165) is 55.1 Å². The Hall–Kier alpha value is -0.800. The van der Waals surface area contributed by atoms with Crippen LogP contribution in [0, 0.1) is 11.3 Å². The fourth-order valence-corrected chi connectivity index (χ4v) is 3.01. The Balaban J connectivity index is 1.99. The number of nitrogens with zero attached hydrogens (tertiary/aromatic N) is 2. The van der Waals surface area contributed by atoms with E-state index in [1.165, 1.54) is 6.42 Å². The van der Waals surface area contributed by atoms with Gasteiger partial charge in [-0.1, -0.05) is 39.3 Å². The summed E-state index contributed by atoms with van der Waals surface area (Å²) in [4.78, 5) is 7.16. The first-order valence-electron chi connectivity index (χ1n) is 8.01. The van der Waals surface area contributed by atoms with Crippen LogP contribution in [0.4, 0.5) is 5.82 Å². The van der Waals surface area contributed by atoms with E-state index in [4.69, 9.17) is 11.6 Å². The molecule has 2 rings (SSSR count). The van der Waals surface area contributed by atoms with Crippen LogP contribution in [0.5, 0.6) is 0 Å². The Labute approximate surface area is 134 Å². The standard InChI is InChI=1S/C17H28ClN3/c1-5-9-19-16-7-6-14(18)15(20-16)12-21-10-8-13(11-21)17(2,3)4/h6-7,13H,5,8-12H2,1-4H3,(H,19,20). The van der Waals surface area contributed by atoms with Crippen molar-refractivity contribution in [3.8, 4) is 0 Å². The van der Waals surface area contributed by atoms with E-state index in [1.807, 2.05) is 12.1 Å². The second-order valence-electron chi connectivity index (χ2n) is 7.14. The Morgan fingerprint density at radius 3 is 2.76 bits per heavy atom. The normalized spacial score (nSPS) is 20.0. The SMILES string of the molecule is CCCNc1ccc(Cl)c(CN2CCC(C(C)(C)C)C2)n1. The molecule has 0 aliphatic carbocycles. The van der Waals surface area contributed by atoms with Crippen molar-refractivity contribution >= 4 is 17.4 Å². The van der Waals surface area contributed by atoms with Gasteiger partial charge in [0.2, 0.25) is 0 Å². The van der Waals surface area contributed by atoms with E-state index in [9.17, 15) is 0 Å². The summed E-state index contributed by atoms with van der Waals surface area (Å²) < 4.78 is 0. The summed E-state index contributed by atoms with van der Waals surface area (Å²) in [5.41, 5.74) is 1.38. The quantitative estimate of drug-likeness (QED) is 0.872. The zero-order valence-electron chi connectivity index (χ0n) is 13.7. The van der Waals surface area contributed by atoms with Crippen LogP contribution in [0.25, 0.3) is 0 Å². The van der Waals surface area contributed by atoms with Gasteiger partial charge in [0.05, 0.1) is 10.7 Å². The summed E-state index contributed by atoms with van der Waals surface area (Å²) in [5, 5.41) is 4.11. The number of aromatic nitrogens is 1. The minimum absolute atomic E-state index is 0.385. The molecule has 3 nitrogen and oxygen atoms in total. The highest BCUT2D eigenvalue weighted by Gasteiger charge is 2.31. The number of hydrogen-bond donors (Lipinski definition) is 1. The minimum atomic E-state index is 0.385. The average Bonchev–Trinajstić information content (AvgIpc) is 2.88. The van der Waals surface area contributed by atoms with Crippen LogP contribution in [-0.4, -0.2) is 29.5 Å². The van der Waals surface area contributed by atoms with Crippen molar-refractivity contribution in [2.45, 2.75) is 47.1 Å². The van der Waals surface area contributed by atoms with Crippen molar-refractivity contribution in [1.29, 1.82) is 0 Å². The molecular formula is C17H28ClN3. The van der Waals surface area contributed by atoms with Crippen LogP contribution in [-0.2, 0) is 6.54 Å². The van der Waals surface area contributed by atoms with Crippen molar-refractivity contribution in [3.63, 3.8) is 0 Å². The molecule has 1 saturated heterocycles. The smallest absolute Gasteiger partial charge is 0.126 e. The first-order valence-corrected chi connectivity index (χ1v) is 8.39. The predicted octanol–water partition coefficient (Wildman–Crippen LogP) is 4.42. The molecule has 1 fully saturated rings. The lowest BCUT2D eigenvalue weighted by atomic mass is 9.80. The molecule has 1 N–H and O–H groups in total. The van der Waals surface area contributed by atoms with Gasteiger partial charge in [0.1, 0.15) is 5.82 Å². The van der Waals surface area contributed by atoms with Crippen molar-refractivity contribution in [1.82, 2.24) is 9.88 Å². The molecule has 1 aromatic rings. The monoisotopic (exact) mass is 309 g/mol. The molecule has 1 aromatic heterocycles. The van der Waals surface area contributed by atoms with Gasteiger partial charge >= 0.3 is 0 Å². The Morgan fingerprint density at radius 2 is 2.14 bits per heavy atom. The molecule has 4 heteroatoms. The number of anilines is 1. The molecule has 1 aliphatic heterocycles. The molecule has 2 heterocycles. The highest BCUT2D eigenvalue weighted by atomic mass is 35.5. The summed E-state index contributed by atoms with van der Waals surface area (Å²) in [7, 11) is 0. The van der Waals surface area contributed by atoms with Gasteiger partial charge in [0.25, 0.3) is 0 Å². The molecule has 118 valence electrons. The number of nitrogens with one attached hydrogen (secondary N) is 1. The average molecular weight is 310 g/mol. The second-order valence-corrected chi connectivity index (χ2v) is 7.55. The third-order valence-electron chi connectivity index (χ3n) is 4.35. The first kappa shape index (κ1) is 16.6. The molecule has 0 saturated carbocycles. The van der Waals surface area contributed by atoms with Gasteiger partial charge in [0, 0.05) is 19.6 Å². The maximum atomic E-state index is 6.32. The van der Waals surface area contributed by atoms with Crippen LogP contribution in [0.1, 0.15) is 46.2 Å². The third kappa shape index (κ3) is 4.58. The van der Waals surface area contributed by atoms with Crippen molar-refractivity contribution < 1.29 is 0 Å². The number of likely N-dealkylation sites (tertiary alicyclic amines) is 1. The number of halogens is 1. The molecule has 1 aliphatic rings. The molecule has 1 unspecified atom stereocenters. The van der Waals surface area contributed by atoms with Crippen LogP contribution in [0.3, 0.4) is 0 Å². The zero-order chi connectivity index (χ0) is 15.5. The van der Waals surface area contributed by atoms with Gasteiger partial charge < -0.3 is 5.32 Å². The van der Waals surface area contributed by atoms with Gasteiger partial charge in [-0.2, -0.15) is 0 Å². The van der Waals surface area contributed by atoms with E-state index in [0.29, 0.717) is 5.41 Å². The summed E-state index contributed by atoms with van der Waals surface area (Å²) in [6.07, 6.45) is 2.37. The van der Waals surface area contributed by atoms with Gasteiger partial charge in [-0.05, 0) is 42.9 Å². The maximum absolute atomic E-state index is 6.32. The first-order chi connectivity index (χ1) is 9.90. The third-order valence-corrected chi connectivity index (χ3v) is 4.69. The van der Waals surface area contributed by atoms with Crippen molar-refractivity contribution in [3.05, 3.63) is 22.8 Å². The summed E-state index contributed by atoms with van der Waals surface area (Å²) >= 11 is 6.32. The molecule has 0 amide bonds. The Bertz CT molecular complexity index is 468. The molecule has 21 heavy (non-hydrogen) atoms. The number of rotatable bonds is 5. The van der Waals surface area contributed by atoms with Crippen LogP contribution in [0.15, 0.2) is 12.1 Å². The maximum Gasteiger partial charge on any atom is 0.126 e. The van der Waals surface area contributed by atoms with Crippen molar-refractivity contribution in [2.75, 3.05) is 25.0 Å². The Morgan fingerprint density at radius 1 is 1.38 bits per heavy atom. The predicted molar refractivity (Wildman–Crippen MR) is 90.9 cm³/mol. The lowest BCUT2D eigenvalue weighted by Crippen LogP contribution is -2.26. The molecular weight excluding hydrogens is 282 g/mol. The highest BCUT2D eigenvalue weighted by molar-refractivity contribution is 6.31. The number of hydrogen-bond acceptors (Lipinski definition) is 3. The summed E-state index contributed by atoms with van der Waals surface area (Å²) in [6.45, 7) is 13.3. The largest absolute Gasteiger partial charge is 0.370 e. The van der Waals surface area contributed by atoms with Gasteiger partial charge in [-0.25, -0.2) is 4.98 Å². The molecule has 0 aromatic carbocycles. The van der Waals surface area contributed by atoms with E-state index in [-0.39, 0.29) is 0 Å². The van der Waals surface area contributed by atoms with Crippen molar-refractivity contribution in [2.24, 2.45) is 11.3 Å². The zero-order valence-corrected chi connectivity index (χ0v) is 14.5. The second kappa shape index (κ2) is 6.97.